The van der Waals surface area contributed by atoms with Crippen LogP contribution in [0, 0.1) is 11.3 Å². The van der Waals surface area contributed by atoms with Crippen molar-refractivity contribution in [2.45, 2.75) is 40.5 Å². The van der Waals surface area contributed by atoms with Gasteiger partial charge in [0.05, 0.1) is 0 Å². The Morgan fingerprint density at radius 2 is 1.80 bits per heavy atom. The van der Waals surface area contributed by atoms with Gasteiger partial charge in [0.15, 0.2) is 0 Å². The maximum absolute atomic E-state index is 2.81. The Bertz CT molecular complexity index is 81.2. The predicted octanol–water partition coefficient (Wildman–Crippen LogP) is 3.32. The summed E-state index contributed by atoms with van der Waals surface area (Å²) < 4.78 is 0. The molecule has 0 aliphatic rings. The molecule has 0 saturated carbocycles. The molecule has 0 rings (SSSR count). The Labute approximate surface area is 68.0 Å². The molecule has 0 bridgehead atoms. The summed E-state index contributed by atoms with van der Waals surface area (Å²) in [6.07, 6.45) is 3.92. The van der Waals surface area contributed by atoms with E-state index in [1.807, 2.05) is 0 Å². The Kier molecular flexibility index (Phi) is 4.52. The number of hydrogen-bond acceptors (Lipinski definition) is 0. The van der Waals surface area contributed by atoms with Crippen LogP contribution >= 0.6 is 9.24 Å². The van der Waals surface area contributed by atoms with Crippen molar-refractivity contribution in [3.05, 3.63) is 0 Å². The zero-order valence-corrected chi connectivity index (χ0v) is 8.93. The van der Waals surface area contributed by atoms with Crippen LogP contribution in [0.25, 0.3) is 0 Å². The van der Waals surface area contributed by atoms with Gasteiger partial charge in [-0.15, -0.1) is 9.24 Å². The van der Waals surface area contributed by atoms with Gasteiger partial charge in [-0.1, -0.05) is 34.1 Å². The lowest BCUT2D eigenvalue weighted by molar-refractivity contribution is 0.227. The lowest BCUT2D eigenvalue weighted by Gasteiger charge is -2.29. The largest absolute Gasteiger partial charge is 0.138 e. The van der Waals surface area contributed by atoms with Crippen molar-refractivity contribution >= 4 is 9.24 Å². The van der Waals surface area contributed by atoms with Crippen LogP contribution in [0.4, 0.5) is 0 Å². The fourth-order valence-corrected chi connectivity index (χ4v) is 1.85. The minimum Gasteiger partial charge on any atom is -0.138 e. The third-order valence-electron chi connectivity index (χ3n) is 2.23. The van der Waals surface area contributed by atoms with Crippen molar-refractivity contribution < 1.29 is 0 Å². The first kappa shape index (κ1) is 10.4. The molecule has 2 atom stereocenters. The van der Waals surface area contributed by atoms with E-state index < -0.39 is 0 Å². The van der Waals surface area contributed by atoms with Gasteiger partial charge >= 0.3 is 0 Å². The van der Waals surface area contributed by atoms with E-state index in [-0.39, 0.29) is 0 Å². The normalized spacial score (nSPS) is 15.3. The molecule has 0 spiro atoms. The molecule has 0 fully saturated rings. The average Bonchev–Trinajstić information content (AvgIpc) is 1.80. The van der Waals surface area contributed by atoms with Crippen LogP contribution < -0.4 is 0 Å². The third-order valence-corrected chi connectivity index (χ3v) is 2.57. The molecule has 0 aromatic rings. The lowest BCUT2D eigenvalue weighted by Crippen LogP contribution is -2.19. The van der Waals surface area contributed by atoms with Crippen LogP contribution in [0.15, 0.2) is 0 Å². The maximum atomic E-state index is 2.81. The van der Waals surface area contributed by atoms with Crippen molar-refractivity contribution in [2.24, 2.45) is 11.3 Å². The summed E-state index contributed by atoms with van der Waals surface area (Å²) in [7, 11) is 2.81. The van der Waals surface area contributed by atoms with Crippen LogP contribution in [0.5, 0.6) is 0 Å². The van der Waals surface area contributed by atoms with Crippen molar-refractivity contribution in [3.63, 3.8) is 0 Å². The Morgan fingerprint density at radius 1 is 1.30 bits per heavy atom. The van der Waals surface area contributed by atoms with E-state index in [0.717, 1.165) is 5.92 Å². The second kappa shape index (κ2) is 4.34. The van der Waals surface area contributed by atoms with Crippen LogP contribution in [0.2, 0.25) is 0 Å². The van der Waals surface area contributed by atoms with Gasteiger partial charge in [-0.05, 0) is 23.9 Å². The monoisotopic (exact) mass is 160 g/mol. The number of rotatable bonds is 3. The van der Waals surface area contributed by atoms with Gasteiger partial charge in [0, 0.05) is 0 Å². The molecule has 0 aliphatic heterocycles. The molecule has 10 heavy (non-hydrogen) atoms. The summed E-state index contributed by atoms with van der Waals surface area (Å²) >= 11 is 0. The fraction of sp³-hybridized carbons (Fsp3) is 1.00. The highest BCUT2D eigenvalue weighted by atomic mass is 31.0. The Balaban J connectivity index is 3.81. The smallest absolute Gasteiger partial charge is 0.0354 e. The van der Waals surface area contributed by atoms with Gasteiger partial charge in [-0.2, -0.15) is 0 Å². The molecule has 0 aromatic carbocycles. The molecule has 62 valence electrons. The molecule has 0 aliphatic carbocycles. The second-order valence-corrected chi connectivity index (χ2v) is 4.63. The standard InChI is InChI=1S/C9H21P/c1-5-8(6-7-10)9(2,3)4/h8H,5-7,10H2,1-4H3. The van der Waals surface area contributed by atoms with Crippen LogP contribution in [0.3, 0.4) is 0 Å². The first-order chi connectivity index (χ1) is 4.52. The third kappa shape index (κ3) is 3.56. The number of hydrogen-bond donors (Lipinski definition) is 0. The molecular formula is C9H21P. The van der Waals surface area contributed by atoms with E-state index in [9.17, 15) is 0 Å². The summed E-state index contributed by atoms with van der Waals surface area (Å²) in [5.41, 5.74) is 0.505. The van der Waals surface area contributed by atoms with E-state index in [4.69, 9.17) is 0 Å². The lowest BCUT2D eigenvalue weighted by atomic mass is 9.78. The van der Waals surface area contributed by atoms with Gasteiger partial charge in [-0.25, -0.2) is 0 Å². The summed E-state index contributed by atoms with van der Waals surface area (Å²) in [5, 5.41) is 0. The van der Waals surface area contributed by atoms with Crippen LogP contribution in [-0.2, 0) is 0 Å². The quantitative estimate of drug-likeness (QED) is 0.555. The first-order valence-corrected chi connectivity index (χ1v) is 5.04. The van der Waals surface area contributed by atoms with Crippen molar-refractivity contribution in [2.75, 3.05) is 6.16 Å². The van der Waals surface area contributed by atoms with Crippen molar-refractivity contribution in [3.8, 4) is 0 Å². The van der Waals surface area contributed by atoms with Crippen LogP contribution in [-0.4, -0.2) is 6.16 Å². The second-order valence-electron chi connectivity index (χ2n) is 4.05. The van der Waals surface area contributed by atoms with Gasteiger partial charge in [0.25, 0.3) is 0 Å². The minimum absolute atomic E-state index is 0.505. The Morgan fingerprint density at radius 3 is 1.90 bits per heavy atom. The first-order valence-electron chi connectivity index (χ1n) is 4.22. The van der Waals surface area contributed by atoms with E-state index in [1.165, 1.54) is 19.0 Å². The molecule has 2 unspecified atom stereocenters. The van der Waals surface area contributed by atoms with Gasteiger partial charge in [-0.3, -0.25) is 0 Å². The Hall–Kier alpha value is 0.430. The van der Waals surface area contributed by atoms with Gasteiger partial charge < -0.3 is 0 Å². The van der Waals surface area contributed by atoms with E-state index in [1.54, 1.807) is 0 Å². The fourth-order valence-electron chi connectivity index (χ4n) is 1.45. The van der Waals surface area contributed by atoms with E-state index >= 15 is 0 Å². The van der Waals surface area contributed by atoms with Gasteiger partial charge in [0.2, 0.25) is 0 Å². The summed E-state index contributed by atoms with van der Waals surface area (Å²) in [4.78, 5) is 0. The zero-order chi connectivity index (χ0) is 8.20. The van der Waals surface area contributed by atoms with Crippen molar-refractivity contribution in [1.29, 1.82) is 0 Å². The van der Waals surface area contributed by atoms with Crippen molar-refractivity contribution in [1.82, 2.24) is 0 Å². The van der Waals surface area contributed by atoms with Crippen LogP contribution in [0.1, 0.15) is 40.5 Å². The molecule has 0 heterocycles. The van der Waals surface area contributed by atoms with E-state index in [2.05, 4.69) is 36.9 Å². The summed E-state index contributed by atoms with van der Waals surface area (Å²) in [6, 6.07) is 0. The molecule has 0 saturated heterocycles. The molecule has 0 N–H and O–H groups in total. The zero-order valence-electron chi connectivity index (χ0n) is 7.78. The highest BCUT2D eigenvalue weighted by Crippen LogP contribution is 2.31. The maximum Gasteiger partial charge on any atom is -0.0354 e. The SMILES string of the molecule is CCC(CCP)C(C)(C)C. The topological polar surface area (TPSA) is 0 Å². The summed E-state index contributed by atoms with van der Waals surface area (Å²) in [5.74, 6) is 0.894. The molecule has 0 nitrogen and oxygen atoms in total. The highest BCUT2D eigenvalue weighted by Gasteiger charge is 2.21. The minimum atomic E-state index is 0.505. The summed E-state index contributed by atoms with van der Waals surface area (Å²) in [6.45, 7) is 9.29. The molecular weight excluding hydrogens is 139 g/mol. The molecule has 0 amide bonds. The van der Waals surface area contributed by atoms with E-state index in [0.29, 0.717) is 5.41 Å². The molecule has 0 radical (unpaired) electrons. The molecule has 1 heteroatoms. The molecule has 0 aromatic heterocycles. The predicted molar refractivity (Wildman–Crippen MR) is 52.4 cm³/mol. The highest BCUT2D eigenvalue weighted by molar-refractivity contribution is 7.16. The van der Waals surface area contributed by atoms with Gasteiger partial charge in [0.1, 0.15) is 0 Å². The average molecular weight is 160 g/mol.